The molecule has 2 rings (SSSR count). The summed E-state index contributed by atoms with van der Waals surface area (Å²) in [5.41, 5.74) is 0.483. The van der Waals surface area contributed by atoms with E-state index < -0.39 is 25.3 Å². The maximum Gasteiger partial charge on any atom is 0.411 e. The number of nitrogens with one attached hydrogen (secondary N) is 1. The number of piperidine rings is 1. The molecule has 1 saturated heterocycles. The summed E-state index contributed by atoms with van der Waals surface area (Å²) in [5, 5.41) is 6.76. The lowest BCUT2D eigenvalue weighted by atomic mass is 9.96. The molecule has 0 unspecified atom stereocenters. The summed E-state index contributed by atoms with van der Waals surface area (Å²) in [6.07, 6.45) is 0.0333. The predicted molar refractivity (Wildman–Crippen MR) is 81.7 cm³/mol. The maximum absolute atomic E-state index is 12.0. The van der Waals surface area contributed by atoms with Gasteiger partial charge in [0.25, 0.3) is 5.91 Å². The molecule has 1 aliphatic rings. The Labute approximate surface area is 143 Å². The zero-order valence-electron chi connectivity index (χ0n) is 13.9. The maximum atomic E-state index is 12.0. The number of ether oxygens (including phenoxy) is 1. The molecule has 0 spiro atoms. The van der Waals surface area contributed by atoms with Gasteiger partial charge >= 0.3 is 6.18 Å². The largest absolute Gasteiger partial charge is 0.411 e. The highest BCUT2D eigenvalue weighted by Gasteiger charge is 2.29. The molecule has 0 radical (unpaired) electrons. The van der Waals surface area contributed by atoms with Crippen molar-refractivity contribution in [3.8, 4) is 0 Å². The van der Waals surface area contributed by atoms with Crippen molar-refractivity contribution in [3.63, 3.8) is 0 Å². The number of halogens is 3. The summed E-state index contributed by atoms with van der Waals surface area (Å²) in [6.45, 7) is -0.610. The lowest BCUT2D eigenvalue weighted by Gasteiger charge is -2.32. The van der Waals surface area contributed by atoms with Crippen LogP contribution in [0.15, 0.2) is 12.4 Å². The number of carbonyl (C=O) groups is 2. The monoisotopic (exact) mass is 362 g/mol. The third kappa shape index (κ3) is 6.37. The molecule has 1 aromatic heterocycles. The number of carbonyl (C=O) groups excluding carboxylic acids is 2. The molecular formula is C15H21F3N4O3. The second kappa shape index (κ2) is 8.32. The van der Waals surface area contributed by atoms with Crippen molar-refractivity contribution < 1.29 is 27.5 Å². The van der Waals surface area contributed by atoms with Gasteiger partial charge in [-0.1, -0.05) is 0 Å². The van der Waals surface area contributed by atoms with Crippen molar-refractivity contribution in [2.45, 2.75) is 19.0 Å². The lowest BCUT2D eigenvalue weighted by Crippen LogP contribution is -2.43. The summed E-state index contributed by atoms with van der Waals surface area (Å²) in [4.78, 5) is 25.2. The highest BCUT2D eigenvalue weighted by molar-refractivity contribution is 5.93. The first-order valence-electron chi connectivity index (χ1n) is 7.93. The quantitative estimate of drug-likeness (QED) is 0.818. The Morgan fingerprint density at radius 1 is 1.36 bits per heavy atom. The molecule has 1 aliphatic heterocycles. The van der Waals surface area contributed by atoms with E-state index in [0.29, 0.717) is 38.0 Å². The van der Waals surface area contributed by atoms with Gasteiger partial charge in [-0.3, -0.25) is 14.3 Å². The van der Waals surface area contributed by atoms with Crippen molar-refractivity contribution in [1.82, 2.24) is 20.0 Å². The van der Waals surface area contributed by atoms with Crippen LogP contribution in [-0.4, -0.2) is 65.5 Å². The lowest BCUT2D eigenvalue weighted by molar-refractivity contribution is -0.178. The van der Waals surface area contributed by atoms with Gasteiger partial charge in [0.2, 0.25) is 5.91 Å². The summed E-state index contributed by atoms with van der Waals surface area (Å²) in [5.74, 6) is -0.421. The Kier molecular flexibility index (Phi) is 6.40. The van der Waals surface area contributed by atoms with Gasteiger partial charge in [0, 0.05) is 32.9 Å². The van der Waals surface area contributed by atoms with Gasteiger partial charge in [-0.2, -0.15) is 18.3 Å². The molecule has 2 heterocycles. The van der Waals surface area contributed by atoms with Crippen LogP contribution in [0.25, 0.3) is 0 Å². The first-order valence-corrected chi connectivity index (χ1v) is 7.93. The van der Waals surface area contributed by atoms with E-state index in [0.717, 1.165) is 0 Å². The Morgan fingerprint density at radius 3 is 2.60 bits per heavy atom. The topological polar surface area (TPSA) is 76.5 Å². The van der Waals surface area contributed by atoms with Crippen LogP contribution in [0.1, 0.15) is 23.2 Å². The average molecular weight is 362 g/mol. The summed E-state index contributed by atoms with van der Waals surface area (Å²) >= 11 is 0. The Morgan fingerprint density at radius 2 is 2.04 bits per heavy atom. The van der Waals surface area contributed by atoms with E-state index in [9.17, 15) is 22.8 Å². The molecule has 0 bridgehead atoms. The smallest absolute Gasteiger partial charge is 0.362 e. The van der Waals surface area contributed by atoms with E-state index in [1.165, 1.54) is 11.1 Å². The summed E-state index contributed by atoms with van der Waals surface area (Å²) < 4.78 is 41.9. The standard InChI is InChI=1S/C15H21F3N4O3/c1-21-8-12(7-20-21)14(24)19-6-11-2-4-22(5-3-11)13(23)9-25-10-15(16,17)18/h7-8,11H,2-6,9-10H2,1H3,(H,19,24). The molecule has 0 aromatic carbocycles. The number of likely N-dealkylation sites (tertiary alicyclic amines) is 1. The van der Waals surface area contributed by atoms with Crippen LogP contribution in [0.5, 0.6) is 0 Å². The van der Waals surface area contributed by atoms with E-state index >= 15 is 0 Å². The fourth-order valence-corrected chi connectivity index (χ4v) is 2.61. The van der Waals surface area contributed by atoms with Crippen molar-refractivity contribution in [2.75, 3.05) is 32.8 Å². The summed E-state index contributed by atoms with van der Waals surface area (Å²) in [7, 11) is 1.72. The van der Waals surface area contributed by atoms with Crippen LogP contribution in [0.3, 0.4) is 0 Å². The molecule has 140 valence electrons. The third-order valence-corrected chi connectivity index (χ3v) is 3.98. The van der Waals surface area contributed by atoms with Crippen molar-refractivity contribution in [1.29, 1.82) is 0 Å². The average Bonchev–Trinajstić information content (AvgIpc) is 2.98. The van der Waals surface area contributed by atoms with E-state index in [2.05, 4.69) is 15.2 Å². The Bertz CT molecular complexity index is 595. The second-order valence-electron chi connectivity index (χ2n) is 6.04. The number of aromatic nitrogens is 2. The first-order chi connectivity index (χ1) is 11.7. The van der Waals surface area contributed by atoms with Gasteiger partial charge in [-0.15, -0.1) is 0 Å². The molecule has 10 heteroatoms. The van der Waals surface area contributed by atoms with Gasteiger partial charge in [0.15, 0.2) is 0 Å². The molecule has 1 fully saturated rings. The predicted octanol–water partition coefficient (Wildman–Crippen LogP) is 0.967. The van der Waals surface area contributed by atoms with E-state index in [1.54, 1.807) is 17.9 Å². The second-order valence-corrected chi connectivity index (χ2v) is 6.04. The Balaban J connectivity index is 1.65. The highest BCUT2D eigenvalue weighted by atomic mass is 19.4. The molecule has 0 atom stereocenters. The minimum Gasteiger partial charge on any atom is -0.362 e. The Hall–Kier alpha value is -2.10. The van der Waals surface area contributed by atoms with Gasteiger partial charge in [0.05, 0.1) is 11.8 Å². The van der Waals surface area contributed by atoms with Crippen LogP contribution < -0.4 is 5.32 Å². The summed E-state index contributed by atoms with van der Waals surface area (Å²) in [6, 6.07) is 0. The van der Waals surface area contributed by atoms with Crippen LogP contribution in [0.2, 0.25) is 0 Å². The van der Waals surface area contributed by atoms with Gasteiger partial charge in [0.1, 0.15) is 13.2 Å². The number of hydrogen-bond donors (Lipinski definition) is 1. The number of hydrogen-bond acceptors (Lipinski definition) is 4. The van der Waals surface area contributed by atoms with Gasteiger partial charge in [-0.25, -0.2) is 0 Å². The highest BCUT2D eigenvalue weighted by Crippen LogP contribution is 2.18. The number of alkyl halides is 3. The molecule has 0 saturated carbocycles. The van der Waals surface area contributed by atoms with Gasteiger partial charge in [-0.05, 0) is 18.8 Å². The molecular weight excluding hydrogens is 341 g/mol. The van der Waals surface area contributed by atoms with Crippen LogP contribution in [0, 0.1) is 5.92 Å². The SMILES string of the molecule is Cn1cc(C(=O)NCC2CCN(C(=O)COCC(F)(F)F)CC2)cn1. The van der Waals surface area contributed by atoms with Crippen molar-refractivity contribution >= 4 is 11.8 Å². The molecule has 2 amide bonds. The van der Waals surface area contributed by atoms with Crippen molar-refractivity contribution in [2.24, 2.45) is 13.0 Å². The molecule has 25 heavy (non-hydrogen) atoms. The number of nitrogens with zero attached hydrogens (tertiary/aromatic N) is 3. The van der Waals surface area contributed by atoms with E-state index in [4.69, 9.17) is 0 Å². The minimum atomic E-state index is -4.43. The fourth-order valence-electron chi connectivity index (χ4n) is 2.61. The number of aryl methyl sites for hydroxylation is 1. The van der Waals surface area contributed by atoms with Crippen LogP contribution in [0.4, 0.5) is 13.2 Å². The molecule has 7 nitrogen and oxygen atoms in total. The van der Waals surface area contributed by atoms with Crippen LogP contribution >= 0.6 is 0 Å². The minimum absolute atomic E-state index is 0.202. The van der Waals surface area contributed by atoms with E-state index in [1.807, 2.05) is 0 Å². The number of rotatable bonds is 6. The number of amides is 2. The van der Waals surface area contributed by atoms with E-state index in [-0.39, 0.29) is 11.8 Å². The first kappa shape index (κ1) is 19.2. The fraction of sp³-hybridized carbons (Fsp3) is 0.667. The normalized spacial score (nSPS) is 16.1. The zero-order valence-corrected chi connectivity index (χ0v) is 13.9. The molecule has 0 aliphatic carbocycles. The molecule has 1 aromatic rings. The van der Waals surface area contributed by atoms with Crippen LogP contribution in [-0.2, 0) is 16.6 Å². The third-order valence-electron chi connectivity index (χ3n) is 3.98. The molecule has 1 N–H and O–H groups in total. The van der Waals surface area contributed by atoms with Crippen molar-refractivity contribution in [3.05, 3.63) is 18.0 Å². The zero-order chi connectivity index (χ0) is 18.4. The van der Waals surface area contributed by atoms with Gasteiger partial charge < -0.3 is 15.0 Å².